The molecule has 0 fully saturated rings. The van der Waals surface area contributed by atoms with E-state index in [-0.39, 0.29) is 0 Å². The molecule has 0 aromatic heterocycles. The maximum atomic E-state index is 3.57. The SMILES string of the molecule is C1=C(Cc2ccccc2)c2ccccc2Nc2ccccc21. The molecular weight excluding hydrogens is 266 g/mol. The van der Waals surface area contributed by atoms with E-state index in [0.717, 1.165) is 12.1 Å². The van der Waals surface area contributed by atoms with Crippen LogP contribution in [0.4, 0.5) is 11.4 Å². The number of rotatable bonds is 2. The summed E-state index contributed by atoms with van der Waals surface area (Å²) in [6, 6.07) is 27.6. The van der Waals surface area contributed by atoms with Crippen molar-refractivity contribution < 1.29 is 0 Å². The number of fused-ring (bicyclic) bond motifs is 2. The van der Waals surface area contributed by atoms with Crippen LogP contribution in [-0.2, 0) is 6.42 Å². The fourth-order valence-electron chi connectivity index (χ4n) is 2.98. The van der Waals surface area contributed by atoms with E-state index in [1.54, 1.807) is 0 Å². The second-order valence-electron chi connectivity index (χ2n) is 5.59. The summed E-state index contributed by atoms with van der Waals surface area (Å²) < 4.78 is 0. The number of para-hydroxylation sites is 2. The Morgan fingerprint density at radius 3 is 2.18 bits per heavy atom. The lowest BCUT2D eigenvalue weighted by Gasteiger charge is -2.12. The van der Waals surface area contributed by atoms with Gasteiger partial charge >= 0.3 is 0 Å². The van der Waals surface area contributed by atoms with Crippen molar-refractivity contribution in [3.05, 3.63) is 95.6 Å². The topological polar surface area (TPSA) is 12.0 Å². The third-order valence-corrected chi connectivity index (χ3v) is 4.07. The third kappa shape index (κ3) is 2.42. The number of anilines is 2. The lowest BCUT2D eigenvalue weighted by Crippen LogP contribution is -1.95. The summed E-state index contributed by atoms with van der Waals surface area (Å²) in [5, 5.41) is 3.57. The molecule has 1 aliphatic heterocycles. The Bertz CT molecular complexity index is 831. The zero-order valence-corrected chi connectivity index (χ0v) is 12.3. The molecule has 0 spiro atoms. The molecule has 1 aliphatic rings. The van der Waals surface area contributed by atoms with Gasteiger partial charge in [0.05, 0.1) is 0 Å². The van der Waals surface area contributed by atoms with Crippen LogP contribution in [0.3, 0.4) is 0 Å². The van der Waals surface area contributed by atoms with Crippen LogP contribution in [0.2, 0.25) is 0 Å². The summed E-state index contributed by atoms with van der Waals surface area (Å²) >= 11 is 0. The summed E-state index contributed by atoms with van der Waals surface area (Å²) in [5.74, 6) is 0. The van der Waals surface area contributed by atoms with Crippen LogP contribution >= 0.6 is 0 Å². The van der Waals surface area contributed by atoms with E-state index in [1.165, 1.54) is 28.0 Å². The standard InChI is InChI=1S/C21H17N/c1-2-8-16(9-3-1)14-18-15-17-10-4-6-12-20(17)22-21-13-7-5-11-19(18)21/h1-13,15,22H,14H2. The van der Waals surface area contributed by atoms with Crippen LogP contribution in [-0.4, -0.2) is 0 Å². The molecule has 0 atom stereocenters. The second kappa shape index (κ2) is 5.53. The predicted octanol–water partition coefficient (Wildman–Crippen LogP) is 5.53. The van der Waals surface area contributed by atoms with Gasteiger partial charge in [-0.2, -0.15) is 0 Å². The Kier molecular flexibility index (Phi) is 3.24. The van der Waals surface area contributed by atoms with Gasteiger partial charge in [0.15, 0.2) is 0 Å². The summed E-state index contributed by atoms with van der Waals surface area (Å²) in [7, 11) is 0. The molecule has 22 heavy (non-hydrogen) atoms. The first-order chi connectivity index (χ1) is 10.9. The molecule has 0 aliphatic carbocycles. The highest BCUT2D eigenvalue weighted by Gasteiger charge is 2.14. The molecule has 0 bridgehead atoms. The number of allylic oxidation sites excluding steroid dienone is 1. The predicted molar refractivity (Wildman–Crippen MR) is 94.2 cm³/mol. The largest absolute Gasteiger partial charge is 0.355 e. The summed E-state index contributed by atoms with van der Waals surface area (Å²) in [6.07, 6.45) is 3.25. The first-order valence-corrected chi connectivity index (χ1v) is 7.60. The van der Waals surface area contributed by atoms with Crippen molar-refractivity contribution in [3.8, 4) is 0 Å². The molecule has 1 N–H and O–H groups in total. The average Bonchev–Trinajstić information content (AvgIpc) is 2.72. The first kappa shape index (κ1) is 12.9. The molecule has 0 unspecified atom stereocenters. The Labute approximate surface area is 130 Å². The van der Waals surface area contributed by atoms with Crippen molar-refractivity contribution in [2.75, 3.05) is 5.32 Å². The maximum Gasteiger partial charge on any atom is 0.0460 e. The van der Waals surface area contributed by atoms with Crippen molar-refractivity contribution in [2.24, 2.45) is 0 Å². The van der Waals surface area contributed by atoms with Crippen molar-refractivity contribution >= 4 is 23.0 Å². The Morgan fingerprint density at radius 2 is 1.32 bits per heavy atom. The maximum absolute atomic E-state index is 3.57. The summed E-state index contributed by atoms with van der Waals surface area (Å²) in [5.41, 5.74) is 7.54. The smallest absolute Gasteiger partial charge is 0.0460 e. The Balaban J connectivity index is 1.85. The zero-order valence-electron chi connectivity index (χ0n) is 12.3. The molecule has 1 heteroatoms. The monoisotopic (exact) mass is 283 g/mol. The van der Waals surface area contributed by atoms with E-state index < -0.39 is 0 Å². The van der Waals surface area contributed by atoms with Gasteiger partial charge in [-0.25, -0.2) is 0 Å². The van der Waals surface area contributed by atoms with E-state index >= 15 is 0 Å². The lowest BCUT2D eigenvalue weighted by molar-refractivity contribution is 1.29. The quantitative estimate of drug-likeness (QED) is 0.652. The van der Waals surface area contributed by atoms with E-state index in [4.69, 9.17) is 0 Å². The lowest BCUT2D eigenvalue weighted by atomic mass is 9.96. The van der Waals surface area contributed by atoms with E-state index in [1.807, 2.05) is 0 Å². The number of hydrogen-bond acceptors (Lipinski definition) is 1. The van der Waals surface area contributed by atoms with E-state index in [2.05, 4.69) is 90.3 Å². The molecular formula is C21H17N. The minimum atomic E-state index is 0.938. The highest BCUT2D eigenvalue weighted by molar-refractivity contribution is 5.94. The van der Waals surface area contributed by atoms with Crippen LogP contribution < -0.4 is 5.32 Å². The van der Waals surface area contributed by atoms with Crippen molar-refractivity contribution in [1.29, 1.82) is 0 Å². The van der Waals surface area contributed by atoms with Crippen LogP contribution in [0.1, 0.15) is 16.7 Å². The number of benzene rings is 3. The number of nitrogens with one attached hydrogen (secondary N) is 1. The normalized spacial score (nSPS) is 12.5. The van der Waals surface area contributed by atoms with Crippen molar-refractivity contribution in [1.82, 2.24) is 0 Å². The average molecular weight is 283 g/mol. The molecule has 0 radical (unpaired) electrons. The van der Waals surface area contributed by atoms with Gasteiger partial charge in [-0.1, -0.05) is 66.7 Å². The first-order valence-electron chi connectivity index (χ1n) is 7.60. The van der Waals surface area contributed by atoms with Gasteiger partial charge < -0.3 is 5.32 Å². The number of hydrogen-bond donors (Lipinski definition) is 1. The Hall–Kier alpha value is -2.80. The Morgan fingerprint density at radius 1 is 0.636 bits per heavy atom. The molecule has 0 saturated carbocycles. The third-order valence-electron chi connectivity index (χ3n) is 4.07. The molecule has 1 heterocycles. The van der Waals surface area contributed by atoms with Gasteiger partial charge in [0.25, 0.3) is 0 Å². The summed E-state index contributed by atoms with van der Waals surface area (Å²) in [6.45, 7) is 0. The van der Waals surface area contributed by atoms with E-state index in [9.17, 15) is 0 Å². The molecule has 106 valence electrons. The van der Waals surface area contributed by atoms with Gasteiger partial charge in [-0.05, 0) is 41.3 Å². The highest BCUT2D eigenvalue weighted by Crippen LogP contribution is 2.36. The summed E-state index contributed by atoms with van der Waals surface area (Å²) in [4.78, 5) is 0. The fourth-order valence-corrected chi connectivity index (χ4v) is 2.98. The van der Waals surface area contributed by atoms with Gasteiger partial charge in [0.2, 0.25) is 0 Å². The van der Waals surface area contributed by atoms with Crippen LogP contribution in [0.25, 0.3) is 11.6 Å². The van der Waals surface area contributed by atoms with Gasteiger partial charge in [-0.15, -0.1) is 0 Å². The van der Waals surface area contributed by atoms with Crippen LogP contribution in [0.5, 0.6) is 0 Å². The van der Waals surface area contributed by atoms with E-state index in [0.29, 0.717) is 0 Å². The molecule has 0 amide bonds. The molecule has 3 aromatic rings. The zero-order chi connectivity index (χ0) is 14.8. The molecule has 0 saturated heterocycles. The van der Waals surface area contributed by atoms with Crippen molar-refractivity contribution in [3.63, 3.8) is 0 Å². The second-order valence-corrected chi connectivity index (χ2v) is 5.59. The van der Waals surface area contributed by atoms with Crippen LogP contribution in [0, 0.1) is 0 Å². The van der Waals surface area contributed by atoms with Gasteiger partial charge in [0.1, 0.15) is 0 Å². The van der Waals surface area contributed by atoms with Gasteiger partial charge in [-0.3, -0.25) is 0 Å². The van der Waals surface area contributed by atoms with Crippen molar-refractivity contribution in [2.45, 2.75) is 6.42 Å². The molecule has 4 rings (SSSR count). The fraction of sp³-hybridized carbons (Fsp3) is 0.0476. The molecule has 1 nitrogen and oxygen atoms in total. The van der Waals surface area contributed by atoms with Gasteiger partial charge in [0, 0.05) is 16.9 Å². The minimum absolute atomic E-state index is 0.938. The molecule has 3 aromatic carbocycles. The van der Waals surface area contributed by atoms with Crippen LogP contribution in [0.15, 0.2) is 78.9 Å². The minimum Gasteiger partial charge on any atom is -0.355 e. The highest BCUT2D eigenvalue weighted by atomic mass is 14.9.